The molecular formula is C8H16N2O4. The minimum atomic E-state index is -0.999. The van der Waals surface area contributed by atoms with E-state index in [4.69, 9.17) is 5.11 Å². The van der Waals surface area contributed by atoms with Crippen LogP contribution in [0.4, 0.5) is 4.79 Å². The number of ether oxygens (including phenoxy) is 1. The first-order valence-electron chi connectivity index (χ1n) is 4.27. The second-order valence-corrected chi connectivity index (χ2v) is 2.72. The van der Waals surface area contributed by atoms with Crippen LogP contribution < -0.4 is 5.32 Å². The number of amides is 2. The maximum Gasteiger partial charge on any atom is 0.330 e. The number of aliphatic hydroxyl groups excluding tert-OH is 1. The topological polar surface area (TPSA) is 78.9 Å². The molecule has 1 atom stereocenters. The quantitative estimate of drug-likeness (QED) is 0.586. The lowest BCUT2D eigenvalue weighted by Gasteiger charge is -2.19. The van der Waals surface area contributed by atoms with Gasteiger partial charge in [0.2, 0.25) is 0 Å². The van der Waals surface area contributed by atoms with E-state index in [2.05, 4.69) is 10.1 Å². The van der Waals surface area contributed by atoms with Gasteiger partial charge in [0.15, 0.2) is 6.04 Å². The molecule has 6 nitrogen and oxygen atoms in total. The third kappa shape index (κ3) is 3.61. The molecule has 0 aromatic heterocycles. The Labute approximate surface area is 82.8 Å². The summed E-state index contributed by atoms with van der Waals surface area (Å²) >= 11 is 0. The van der Waals surface area contributed by atoms with E-state index in [0.717, 1.165) is 0 Å². The van der Waals surface area contributed by atoms with E-state index in [9.17, 15) is 9.59 Å². The first-order valence-corrected chi connectivity index (χ1v) is 4.27. The minimum absolute atomic E-state index is 0.419. The Morgan fingerprint density at radius 1 is 1.57 bits per heavy atom. The van der Waals surface area contributed by atoms with Gasteiger partial charge in [0, 0.05) is 13.6 Å². The molecule has 0 saturated carbocycles. The van der Waals surface area contributed by atoms with Gasteiger partial charge in [0.25, 0.3) is 0 Å². The largest absolute Gasteiger partial charge is 0.467 e. The molecule has 2 amide bonds. The maximum atomic E-state index is 11.3. The van der Waals surface area contributed by atoms with Gasteiger partial charge in [-0.2, -0.15) is 0 Å². The minimum Gasteiger partial charge on any atom is -0.467 e. The molecule has 0 radical (unpaired) electrons. The first kappa shape index (κ1) is 12.7. The summed E-state index contributed by atoms with van der Waals surface area (Å²) in [5.41, 5.74) is 0. The van der Waals surface area contributed by atoms with Crippen LogP contribution in [0.3, 0.4) is 0 Å². The fourth-order valence-corrected chi connectivity index (χ4v) is 0.724. The number of hydrogen-bond acceptors (Lipinski definition) is 4. The third-order valence-electron chi connectivity index (χ3n) is 1.79. The number of carbonyl (C=O) groups is 2. The van der Waals surface area contributed by atoms with Gasteiger partial charge in [-0.05, 0) is 6.92 Å². The highest BCUT2D eigenvalue weighted by Gasteiger charge is 2.21. The molecule has 0 heterocycles. The van der Waals surface area contributed by atoms with Crippen molar-refractivity contribution in [1.29, 1.82) is 0 Å². The standard InChI is InChI=1S/C8H16N2O4/c1-4-10(2)8(13)9-6(5-11)7(12)14-3/h6,11H,4-5H2,1-3H3,(H,9,13). The molecule has 0 saturated heterocycles. The lowest BCUT2D eigenvalue weighted by atomic mass is 10.3. The van der Waals surface area contributed by atoms with Crippen LogP contribution in [-0.4, -0.2) is 55.4 Å². The van der Waals surface area contributed by atoms with E-state index < -0.39 is 24.6 Å². The van der Waals surface area contributed by atoms with E-state index in [-0.39, 0.29) is 0 Å². The summed E-state index contributed by atoms with van der Waals surface area (Å²) in [5, 5.41) is 11.1. The number of esters is 1. The van der Waals surface area contributed by atoms with Gasteiger partial charge in [0.1, 0.15) is 0 Å². The zero-order valence-corrected chi connectivity index (χ0v) is 8.61. The molecule has 14 heavy (non-hydrogen) atoms. The number of carbonyl (C=O) groups excluding carboxylic acids is 2. The Bertz CT molecular complexity index is 208. The monoisotopic (exact) mass is 204 g/mol. The Hall–Kier alpha value is -1.30. The van der Waals surface area contributed by atoms with E-state index >= 15 is 0 Å². The summed E-state index contributed by atoms with van der Waals surface area (Å²) in [5.74, 6) is -0.662. The molecule has 0 aromatic rings. The predicted octanol–water partition coefficient (Wildman–Crippen LogP) is -0.818. The van der Waals surface area contributed by atoms with Crippen molar-refractivity contribution in [2.24, 2.45) is 0 Å². The summed E-state index contributed by atoms with van der Waals surface area (Å²) in [7, 11) is 2.78. The van der Waals surface area contributed by atoms with Crippen molar-refractivity contribution in [2.45, 2.75) is 13.0 Å². The molecule has 0 aromatic carbocycles. The molecule has 0 fully saturated rings. The van der Waals surface area contributed by atoms with Crippen molar-refractivity contribution in [2.75, 3.05) is 27.3 Å². The second-order valence-electron chi connectivity index (χ2n) is 2.72. The second kappa shape index (κ2) is 6.20. The van der Waals surface area contributed by atoms with Crippen LogP contribution in [0.1, 0.15) is 6.92 Å². The number of rotatable bonds is 4. The number of nitrogens with one attached hydrogen (secondary N) is 1. The fourth-order valence-electron chi connectivity index (χ4n) is 0.724. The van der Waals surface area contributed by atoms with Gasteiger partial charge < -0.3 is 20.1 Å². The number of nitrogens with zero attached hydrogens (tertiary/aromatic N) is 1. The summed E-state index contributed by atoms with van der Waals surface area (Å²) in [4.78, 5) is 23.6. The molecule has 0 spiro atoms. The first-order chi connectivity index (χ1) is 6.56. The van der Waals surface area contributed by atoms with Crippen molar-refractivity contribution in [3.63, 3.8) is 0 Å². The highest BCUT2D eigenvalue weighted by molar-refractivity contribution is 5.83. The van der Waals surface area contributed by atoms with Crippen LogP contribution in [0, 0.1) is 0 Å². The van der Waals surface area contributed by atoms with Crippen LogP contribution in [0.15, 0.2) is 0 Å². The highest BCUT2D eigenvalue weighted by Crippen LogP contribution is 1.90. The van der Waals surface area contributed by atoms with Gasteiger partial charge >= 0.3 is 12.0 Å². The van der Waals surface area contributed by atoms with Gasteiger partial charge in [-0.1, -0.05) is 0 Å². The van der Waals surface area contributed by atoms with E-state index in [1.165, 1.54) is 12.0 Å². The number of methoxy groups -OCH3 is 1. The van der Waals surface area contributed by atoms with Crippen molar-refractivity contribution < 1.29 is 19.4 Å². The molecule has 2 N–H and O–H groups in total. The zero-order chi connectivity index (χ0) is 11.1. The van der Waals surface area contributed by atoms with Crippen LogP contribution >= 0.6 is 0 Å². The zero-order valence-electron chi connectivity index (χ0n) is 8.61. The van der Waals surface area contributed by atoms with Gasteiger partial charge in [-0.3, -0.25) is 0 Å². The highest BCUT2D eigenvalue weighted by atomic mass is 16.5. The third-order valence-corrected chi connectivity index (χ3v) is 1.79. The molecule has 0 aliphatic rings. The van der Waals surface area contributed by atoms with E-state index in [1.54, 1.807) is 14.0 Å². The summed E-state index contributed by atoms with van der Waals surface area (Å²) < 4.78 is 4.39. The molecule has 0 rings (SSSR count). The Morgan fingerprint density at radius 2 is 2.14 bits per heavy atom. The van der Waals surface area contributed by atoms with Crippen LogP contribution in [0.25, 0.3) is 0 Å². The maximum absolute atomic E-state index is 11.3. The fraction of sp³-hybridized carbons (Fsp3) is 0.750. The number of hydrogen-bond donors (Lipinski definition) is 2. The lowest BCUT2D eigenvalue weighted by molar-refractivity contribution is -0.143. The lowest BCUT2D eigenvalue weighted by Crippen LogP contribution is -2.48. The van der Waals surface area contributed by atoms with Crippen LogP contribution in [-0.2, 0) is 9.53 Å². The Balaban J connectivity index is 4.18. The molecule has 0 bridgehead atoms. The molecule has 0 aliphatic carbocycles. The van der Waals surface area contributed by atoms with Crippen LogP contribution in [0.2, 0.25) is 0 Å². The molecule has 0 aliphatic heterocycles. The number of aliphatic hydroxyl groups is 1. The SMILES string of the molecule is CCN(C)C(=O)NC(CO)C(=O)OC. The van der Waals surface area contributed by atoms with Gasteiger partial charge in [-0.15, -0.1) is 0 Å². The van der Waals surface area contributed by atoms with Crippen molar-refractivity contribution >= 4 is 12.0 Å². The smallest absolute Gasteiger partial charge is 0.330 e. The van der Waals surface area contributed by atoms with E-state index in [0.29, 0.717) is 6.54 Å². The normalized spacial score (nSPS) is 11.7. The van der Waals surface area contributed by atoms with Crippen LogP contribution in [0.5, 0.6) is 0 Å². The Kier molecular flexibility index (Phi) is 5.62. The molecule has 6 heteroatoms. The molecule has 1 unspecified atom stereocenters. The average molecular weight is 204 g/mol. The van der Waals surface area contributed by atoms with Gasteiger partial charge in [-0.25, -0.2) is 9.59 Å². The number of urea groups is 1. The van der Waals surface area contributed by atoms with Gasteiger partial charge in [0.05, 0.1) is 13.7 Å². The summed E-state index contributed by atoms with van der Waals surface area (Å²) in [6.07, 6.45) is 0. The van der Waals surface area contributed by atoms with Crippen molar-refractivity contribution in [3.8, 4) is 0 Å². The summed E-state index contributed by atoms with van der Waals surface area (Å²) in [6, 6.07) is -1.42. The molecular weight excluding hydrogens is 188 g/mol. The van der Waals surface area contributed by atoms with E-state index in [1.807, 2.05) is 0 Å². The van der Waals surface area contributed by atoms with Crippen molar-refractivity contribution in [1.82, 2.24) is 10.2 Å². The molecule has 82 valence electrons. The predicted molar refractivity (Wildman–Crippen MR) is 49.7 cm³/mol. The Morgan fingerprint density at radius 3 is 2.50 bits per heavy atom. The average Bonchev–Trinajstić information content (AvgIpc) is 2.22. The van der Waals surface area contributed by atoms with Crippen molar-refractivity contribution in [3.05, 3.63) is 0 Å². The summed E-state index contributed by atoms with van der Waals surface area (Å²) in [6.45, 7) is 1.84.